The van der Waals surface area contributed by atoms with Crippen LogP contribution < -0.4 is 10.2 Å². The molecule has 2 N–H and O–H groups in total. The standard InChI is InChI=1S/C21H16ClN3O3S/c1-12-6-7-14(9-16(12)22)24-19(26)11-25-20(27)18(29-21(25)28)8-13-10-23-17-5-3-2-4-15(13)17/h2-10,27H,11H2,1H3,(H,24,26). The Bertz CT molecular complexity index is 1240. The van der Waals surface area contributed by atoms with Crippen molar-refractivity contribution in [1.82, 2.24) is 4.57 Å². The highest BCUT2D eigenvalue weighted by Gasteiger charge is 2.18. The average Bonchev–Trinajstić information content (AvgIpc) is 3.21. The van der Waals surface area contributed by atoms with Gasteiger partial charge in [-0.25, -0.2) is 0 Å². The van der Waals surface area contributed by atoms with E-state index in [-0.39, 0.29) is 12.4 Å². The number of benzene rings is 2. The Morgan fingerprint density at radius 1 is 1.31 bits per heavy atom. The predicted octanol–water partition coefficient (Wildman–Crippen LogP) is 4.47. The molecule has 1 aliphatic rings. The smallest absolute Gasteiger partial charge is 0.311 e. The number of aliphatic imine (C=N–C) groups is 1. The lowest BCUT2D eigenvalue weighted by Gasteiger charge is -2.08. The van der Waals surface area contributed by atoms with Gasteiger partial charge in [-0.15, -0.1) is 0 Å². The first kappa shape index (κ1) is 19.2. The van der Waals surface area contributed by atoms with Crippen molar-refractivity contribution in [3.05, 3.63) is 73.2 Å². The number of aryl methyl sites for hydroxylation is 1. The number of para-hydroxylation sites is 1. The van der Waals surface area contributed by atoms with Gasteiger partial charge in [0.25, 0.3) is 0 Å². The highest BCUT2D eigenvalue weighted by atomic mass is 35.5. The molecule has 0 unspecified atom stereocenters. The number of allylic oxidation sites excluding steroid dienone is 1. The van der Waals surface area contributed by atoms with Gasteiger partial charge in [0.05, 0.1) is 10.6 Å². The molecule has 29 heavy (non-hydrogen) atoms. The molecule has 0 fully saturated rings. The van der Waals surface area contributed by atoms with Gasteiger partial charge in [0.2, 0.25) is 11.8 Å². The molecule has 8 heteroatoms. The van der Waals surface area contributed by atoms with Gasteiger partial charge in [-0.1, -0.05) is 47.2 Å². The minimum Gasteiger partial charge on any atom is -0.493 e. The number of aromatic hydroxyl groups is 1. The van der Waals surface area contributed by atoms with Crippen LogP contribution >= 0.6 is 22.9 Å². The van der Waals surface area contributed by atoms with Crippen LogP contribution in [-0.4, -0.2) is 21.8 Å². The maximum atomic E-state index is 12.3. The van der Waals surface area contributed by atoms with E-state index in [0.29, 0.717) is 15.6 Å². The number of aromatic nitrogens is 1. The van der Waals surface area contributed by atoms with Crippen molar-refractivity contribution >= 4 is 58.1 Å². The van der Waals surface area contributed by atoms with E-state index < -0.39 is 10.8 Å². The summed E-state index contributed by atoms with van der Waals surface area (Å²) in [6.07, 6.45) is 3.39. The van der Waals surface area contributed by atoms with E-state index in [1.165, 1.54) is 0 Å². The molecule has 2 heterocycles. The van der Waals surface area contributed by atoms with Gasteiger partial charge in [0, 0.05) is 28.1 Å². The minimum atomic E-state index is -0.438. The summed E-state index contributed by atoms with van der Waals surface area (Å²) in [6, 6.07) is 12.8. The molecule has 3 aromatic rings. The van der Waals surface area contributed by atoms with Crippen molar-refractivity contribution < 1.29 is 9.90 Å². The molecule has 0 bridgehead atoms. The number of amides is 1. The molecule has 2 aromatic carbocycles. The lowest BCUT2D eigenvalue weighted by Crippen LogP contribution is -2.24. The van der Waals surface area contributed by atoms with E-state index in [1.807, 2.05) is 31.2 Å². The van der Waals surface area contributed by atoms with Gasteiger partial charge < -0.3 is 10.4 Å². The number of hydrogen-bond donors (Lipinski definition) is 2. The third-order valence-electron chi connectivity index (χ3n) is 4.50. The molecular formula is C21H16ClN3O3S. The van der Waals surface area contributed by atoms with E-state index in [9.17, 15) is 14.7 Å². The first-order valence-corrected chi connectivity index (χ1v) is 9.95. The molecule has 0 spiro atoms. The third kappa shape index (κ3) is 3.87. The number of carbonyl (C=O) groups excluding carboxylic acids is 1. The fourth-order valence-electron chi connectivity index (χ4n) is 2.96. The van der Waals surface area contributed by atoms with Crippen LogP contribution in [0, 0.1) is 6.92 Å². The summed E-state index contributed by atoms with van der Waals surface area (Å²) in [4.78, 5) is 28.9. The van der Waals surface area contributed by atoms with Crippen LogP contribution in [0.3, 0.4) is 0 Å². The van der Waals surface area contributed by atoms with Gasteiger partial charge in [0.15, 0.2) is 0 Å². The van der Waals surface area contributed by atoms with Gasteiger partial charge >= 0.3 is 4.87 Å². The van der Waals surface area contributed by atoms with E-state index in [2.05, 4.69) is 10.3 Å². The van der Waals surface area contributed by atoms with Crippen LogP contribution in [0.4, 0.5) is 11.4 Å². The van der Waals surface area contributed by atoms with Gasteiger partial charge in [-0.2, -0.15) is 0 Å². The molecule has 0 saturated carbocycles. The van der Waals surface area contributed by atoms with Gasteiger partial charge in [0.1, 0.15) is 6.54 Å². The summed E-state index contributed by atoms with van der Waals surface area (Å²) in [5.74, 6) is -0.686. The lowest BCUT2D eigenvalue weighted by atomic mass is 10.1. The number of fused-ring (bicyclic) bond motifs is 1. The molecular weight excluding hydrogens is 410 g/mol. The first-order chi connectivity index (χ1) is 13.9. The van der Waals surface area contributed by atoms with Gasteiger partial charge in [-0.05, 0) is 36.8 Å². The second kappa shape index (κ2) is 7.69. The molecule has 0 saturated heterocycles. The zero-order chi connectivity index (χ0) is 20.5. The second-order valence-corrected chi connectivity index (χ2v) is 7.93. The van der Waals surface area contributed by atoms with E-state index in [4.69, 9.17) is 11.6 Å². The fourth-order valence-corrected chi connectivity index (χ4v) is 3.97. The monoisotopic (exact) mass is 425 g/mol. The molecule has 0 aliphatic carbocycles. The molecule has 1 aromatic heterocycles. The molecule has 1 aliphatic heterocycles. The Morgan fingerprint density at radius 2 is 2.10 bits per heavy atom. The molecule has 6 nitrogen and oxygen atoms in total. The number of thiazole rings is 1. The number of anilines is 1. The molecule has 1 amide bonds. The maximum absolute atomic E-state index is 12.3. The number of halogens is 1. The van der Waals surface area contributed by atoms with Crippen LogP contribution in [0.15, 0.2) is 52.3 Å². The number of nitrogens with one attached hydrogen (secondary N) is 1. The van der Waals surface area contributed by atoms with Crippen molar-refractivity contribution in [2.75, 3.05) is 5.32 Å². The van der Waals surface area contributed by atoms with Crippen LogP contribution in [0.1, 0.15) is 16.0 Å². The van der Waals surface area contributed by atoms with Crippen molar-refractivity contribution in [3.8, 4) is 5.88 Å². The highest BCUT2D eigenvalue weighted by molar-refractivity contribution is 7.10. The summed E-state index contributed by atoms with van der Waals surface area (Å²) < 4.78 is 1.04. The number of hydrogen-bond acceptors (Lipinski definition) is 5. The number of nitrogens with zero attached hydrogens (tertiary/aromatic N) is 2. The second-order valence-electron chi connectivity index (χ2n) is 6.53. The molecule has 4 rings (SSSR count). The lowest BCUT2D eigenvalue weighted by molar-refractivity contribution is -0.116. The predicted molar refractivity (Wildman–Crippen MR) is 118 cm³/mol. The fraction of sp³-hybridized carbons (Fsp3) is 0.0952. The van der Waals surface area contributed by atoms with Crippen LogP contribution in [0.5, 0.6) is 5.88 Å². The van der Waals surface area contributed by atoms with Crippen molar-refractivity contribution in [2.24, 2.45) is 4.99 Å². The van der Waals surface area contributed by atoms with E-state index in [1.54, 1.807) is 30.5 Å². The Morgan fingerprint density at radius 3 is 2.90 bits per heavy atom. The Labute approximate surface area is 175 Å². The summed E-state index contributed by atoms with van der Waals surface area (Å²) in [5, 5.41) is 13.7. The number of rotatable bonds is 4. The summed E-state index contributed by atoms with van der Waals surface area (Å²) in [6.45, 7) is 1.56. The Kier molecular flexibility index (Phi) is 5.08. The third-order valence-corrected chi connectivity index (χ3v) is 5.82. The summed E-state index contributed by atoms with van der Waals surface area (Å²) in [5.41, 5.74) is 3.97. The number of carbonyl (C=O) groups is 1. The van der Waals surface area contributed by atoms with Crippen molar-refractivity contribution in [1.29, 1.82) is 0 Å². The topological polar surface area (TPSA) is 83.7 Å². The van der Waals surface area contributed by atoms with Crippen LogP contribution in [0.25, 0.3) is 11.6 Å². The highest BCUT2D eigenvalue weighted by Crippen LogP contribution is 2.34. The van der Waals surface area contributed by atoms with E-state index in [0.717, 1.165) is 38.3 Å². The van der Waals surface area contributed by atoms with E-state index >= 15 is 0 Å². The van der Waals surface area contributed by atoms with Crippen LogP contribution in [0.2, 0.25) is 5.02 Å². The first-order valence-electron chi connectivity index (χ1n) is 8.76. The zero-order valence-electron chi connectivity index (χ0n) is 15.3. The molecule has 146 valence electrons. The summed E-state index contributed by atoms with van der Waals surface area (Å²) in [7, 11) is 0. The van der Waals surface area contributed by atoms with Crippen molar-refractivity contribution in [2.45, 2.75) is 13.5 Å². The molecule has 0 atom stereocenters. The van der Waals surface area contributed by atoms with Gasteiger partial charge in [-0.3, -0.25) is 19.1 Å². The maximum Gasteiger partial charge on any atom is 0.311 e. The molecule has 0 radical (unpaired) electrons. The average molecular weight is 426 g/mol. The Balaban J connectivity index is 1.56. The van der Waals surface area contributed by atoms with Crippen LogP contribution in [-0.2, 0) is 11.3 Å². The normalized spacial score (nSPS) is 13.7. The van der Waals surface area contributed by atoms with Crippen molar-refractivity contribution in [3.63, 3.8) is 0 Å². The quantitative estimate of drug-likeness (QED) is 0.646. The zero-order valence-corrected chi connectivity index (χ0v) is 16.9. The summed E-state index contributed by atoms with van der Waals surface area (Å²) >= 11 is 6.94. The largest absolute Gasteiger partial charge is 0.493 e. The SMILES string of the molecule is Cc1ccc(NC(=O)Cn2c(O)c(C=C3C=Nc4ccccc43)sc2=O)cc1Cl. The Hall–Kier alpha value is -3.16. The minimum absolute atomic E-state index is 0.248.